The minimum absolute atomic E-state index is 0.257. The van der Waals surface area contributed by atoms with Crippen molar-refractivity contribution in [1.29, 1.82) is 0 Å². The summed E-state index contributed by atoms with van der Waals surface area (Å²) < 4.78 is 5.62. The zero-order valence-corrected chi connectivity index (χ0v) is 15.7. The van der Waals surface area contributed by atoms with Crippen LogP contribution >= 0.6 is 11.3 Å². The number of benzene rings is 1. The number of hydrogen-bond donors (Lipinski definition) is 2. The number of nitrogens with zero attached hydrogens (tertiary/aromatic N) is 1. The standard InChI is InChI=1S/C19H27N3OS/c1-14(2)23-13-17-8-6-16(7-9-17)11-21-19(20-4)22-12-18-10-5-15(3)24-18/h5-10,14H,11-13H2,1-4H3,(H2,20,21,22). The van der Waals surface area contributed by atoms with Crippen LogP contribution in [0.5, 0.6) is 0 Å². The molecule has 0 radical (unpaired) electrons. The molecule has 2 aromatic rings. The van der Waals surface area contributed by atoms with Crippen LogP contribution in [0.25, 0.3) is 0 Å². The van der Waals surface area contributed by atoms with Gasteiger partial charge >= 0.3 is 0 Å². The van der Waals surface area contributed by atoms with Crippen LogP contribution in [0.1, 0.15) is 34.7 Å². The van der Waals surface area contributed by atoms with Crippen molar-refractivity contribution in [3.63, 3.8) is 0 Å². The highest BCUT2D eigenvalue weighted by Crippen LogP contribution is 2.14. The van der Waals surface area contributed by atoms with E-state index in [-0.39, 0.29) is 6.10 Å². The topological polar surface area (TPSA) is 45.7 Å². The summed E-state index contributed by atoms with van der Waals surface area (Å²) in [4.78, 5) is 6.91. The maximum absolute atomic E-state index is 5.62. The quantitative estimate of drug-likeness (QED) is 0.592. The van der Waals surface area contributed by atoms with Crippen molar-refractivity contribution in [3.8, 4) is 0 Å². The average Bonchev–Trinajstić information content (AvgIpc) is 2.99. The molecule has 1 aromatic heterocycles. The zero-order chi connectivity index (χ0) is 17.4. The smallest absolute Gasteiger partial charge is 0.191 e. The first-order chi connectivity index (χ1) is 11.6. The second-order valence-electron chi connectivity index (χ2n) is 5.97. The minimum Gasteiger partial charge on any atom is -0.374 e. The lowest BCUT2D eigenvalue weighted by Crippen LogP contribution is -2.36. The summed E-state index contributed by atoms with van der Waals surface area (Å²) in [5.41, 5.74) is 2.42. The van der Waals surface area contributed by atoms with Gasteiger partial charge in [-0.3, -0.25) is 4.99 Å². The maximum atomic E-state index is 5.62. The van der Waals surface area contributed by atoms with E-state index in [1.165, 1.54) is 20.9 Å². The van der Waals surface area contributed by atoms with Crippen LogP contribution < -0.4 is 10.6 Å². The SMILES string of the molecule is CN=C(NCc1ccc(COC(C)C)cc1)NCc1ccc(C)s1. The van der Waals surface area contributed by atoms with Crippen LogP contribution in [0.15, 0.2) is 41.4 Å². The molecule has 2 rings (SSSR count). The predicted octanol–water partition coefficient (Wildman–Crippen LogP) is 3.85. The Morgan fingerprint density at radius 3 is 2.29 bits per heavy atom. The number of aliphatic imine (C=N–C) groups is 1. The molecule has 0 unspecified atom stereocenters. The summed E-state index contributed by atoms with van der Waals surface area (Å²) in [5.74, 6) is 0.813. The lowest BCUT2D eigenvalue weighted by Gasteiger charge is -2.12. The highest BCUT2D eigenvalue weighted by Gasteiger charge is 2.02. The number of nitrogens with one attached hydrogen (secondary N) is 2. The summed E-state index contributed by atoms with van der Waals surface area (Å²) in [7, 11) is 1.79. The van der Waals surface area contributed by atoms with Crippen LogP contribution in [-0.2, 0) is 24.4 Å². The lowest BCUT2D eigenvalue weighted by atomic mass is 10.1. The fourth-order valence-electron chi connectivity index (χ4n) is 2.17. The van der Waals surface area contributed by atoms with E-state index in [4.69, 9.17) is 4.74 Å². The Bertz CT molecular complexity index is 647. The fraction of sp³-hybridized carbons (Fsp3) is 0.421. The average molecular weight is 346 g/mol. The van der Waals surface area contributed by atoms with Gasteiger partial charge in [0.2, 0.25) is 0 Å². The highest BCUT2D eigenvalue weighted by atomic mass is 32.1. The number of thiophene rings is 1. The monoisotopic (exact) mass is 345 g/mol. The molecule has 130 valence electrons. The van der Waals surface area contributed by atoms with Crippen LogP contribution in [0.4, 0.5) is 0 Å². The molecule has 1 aromatic carbocycles. The van der Waals surface area contributed by atoms with Gasteiger partial charge in [0.15, 0.2) is 5.96 Å². The van der Waals surface area contributed by atoms with Gasteiger partial charge in [0.1, 0.15) is 0 Å². The Kier molecular flexibility index (Phi) is 7.28. The number of hydrogen-bond acceptors (Lipinski definition) is 3. The van der Waals surface area contributed by atoms with Gasteiger partial charge in [-0.25, -0.2) is 0 Å². The Morgan fingerprint density at radius 1 is 1.04 bits per heavy atom. The second-order valence-corrected chi connectivity index (χ2v) is 7.34. The van der Waals surface area contributed by atoms with E-state index in [1.807, 2.05) is 0 Å². The van der Waals surface area contributed by atoms with Gasteiger partial charge in [0.05, 0.1) is 19.3 Å². The second kappa shape index (κ2) is 9.45. The van der Waals surface area contributed by atoms with Gasteiger partial charge in [-0.15, -0.1) is 11.3 Å². The van der Waals surface area contributed by atoms with Crippen molar-refractivity contribution in [2.24, 2.45) is 4.99 Å². The Balaban J connectivity index is 1.78. The molecule has 0 spiro atoms. The summed E-state index contributed by atoms with van der Waals surface area (Å²) in [6.07, 6.45) is 0.257. The molecule has 24 heavy (non-hydrogen) atoms. The van der Waals surface area contributed by atoms with E-state index < -0.39 is 0 Å². The third kappa shape index (κ3) is 6.34. The Labute approximate surface area is 149 Å². The summed E-state index contributed by atoms with van der Waals surface area (Å²) >= 11 is 1.81. The van der Waals surface area contributed by atoms with E-state index >= 15 is 0 Å². The van der Waals surface area contributed by atoms with Gasteiger partial charge in [-0.2, -0.15) is 0 Å². The highest BCUT2D eigenvalue weighted by molar-refractivity contribution is 7.11. The molecule has 0 amide bonds. The van der Waals surface area contributed by atoms with Crippen molar-refractivity contribution >= 4 is 17.3 Å². The molecule has 0 saturated heterocycles. The molecule has 0 aliphatic heterocycles. The van der Waals surface area contributed by atoms with Crippen LogP contribution in [0, 0.1) is 6.92 Å². The molecular weight excluding hydrogens is 318 g/mol. The molecule has 0 aliphatic rings. The van der Waals surface area contributed by atoms with Crippen molar-refractivity contribution < 1.29 is 4.74 Å². The van der Waals surface area contributed by atoms with E-state index in [0.29, 0.717) is 6.61 Å². The number of guanidine groups is 1. The van der Waals surface area contributed by atoms with Gasteiger partial charge in [0, 0.05) is 23.3 Å². The summed E-state index contributed by atoms with van der Waals surface area (Å²) in [5, 5.41) is 6.69. The third-order valence-electron chi connectivity index (χ3n) is 3.52. The lowest BCUT2D eigenvalue weighted by molar-refractivity contribution is 0.0657. The Hall–Kier alpha value is -1.85. The number of ether oxygens (including phenoxy) is 1. The van der Waals surface area contributed by atoms with Gasteiger partial charge in [0.25, 0.3) is 0 Å². The number of rotatable bonds is 7. The third-order valence-corrected chi connectivity index (χ3v) is 4.52. The van der Waals surface area contributed by atoms with Crippen molar-refractivity contribution in [1.82, 2.24) is 10.6 Å². The van der Waals surface area contributed by atoms with Crippen LogP contribution in [0.3, 0.4) is 0 Å². The van der Waals surface area contributed by atoms with Gasteiger partial charge < -0.3 is 15.4 Å². The molecular formula is C19H27N3OS. The van der Waals surface area contributed by atoms with E-state index in [9.17, 15) is 0 Å². The maximum Gasteiger partial charge on any atom is 0.191 e. The van der Waals surface area contributed by atoms with E-state index in [2.05, 4.69) is 72.8 Å². The zero-order valence-electron chi connectivity index (χ0n) is 14.9. The molecule has 0 atom stereocenters. The fourth-order valence-corrected chi connectivity index (χ4v) is 3.00. The van der Waals surface area contributed by atoms with Crippen molar-refractivity contribution in [2.45, 2.75) is 46.6 Å². The van der Waals surface area contributed by atoms with Crippen molar-refractivity contribution in [3.05, 3.63) is 57.3 Å². The molecule has 0 fully saturated rings. The van der Waals surface area contributed by atoms with Crippen LogP contribution in [-0.4, -0.2) is 19.1 Å². The molecule has 2 N–H and O–H groups in total. The predicted molar refractivity (Wildman–Crippen MR) is 102 cm³/mol. The van der Waals surface area contributed by atoms with Crippen molar-refractivity contribution in [2.75, 3.05) is 7.05 Å². The number of aryl methyl sites for hydroxylation is 1. The molecule has 5 heteroatoms. The minimum atomic E-state index is 0.257. The molecule has 0 saturated carbocycles. The first-order valence-electron chi connectivity index (χ1n) is 8.26. The molecule has 0 aliphatic carbocycles. The van der Waals surface area contributed by atoms with Crippen LogP contribution in [0.2, 0.25) is 0 Å². The van der Waals surface area contributed by atoms with E-state index in [1.54, 1.807) is 18.4 Å². The molecule has 1 heterocycles. The summed E-state index contributed by atoms with van der Waals surface area (Å²) in [6.45, 7) is 8.42. The molecule has 4 nitrogen and oxygen atoms in total. The largest absolute Gasteiger partial charge is 0.374 e. The first-order valence-corrected chi connectivity index (χ1v) is 9.07. The Morgan fingerprint density at radius 2 is 1.71 bits per heavy atom. The normalized spacial score (nSPS) is 11.8. The summed E-state index contributed by atoms with van der Waals surface area (Å²) in [6, 6.07) is 12.8. The van der Waals surface area contributed by atoms with Gasteiger partial charge in [-0.1, -0.05) is 24.3 Å². The molecule has 0 bridgehead atoms. The van der Waals surface area contributed by atoms with Gasteiger partial charge in [-0.05, 0) is 44.0 Å². The first kappa shape index (κ1) is 18.5. The van der Waals surface area contributed by atoms with E-state index in [0.717, 1.165) is 19.0 Å².